The Morgan fingerprint density at radius 1 is 0.793 bits per heavy atom. The molecule has 1 spiro atoms. The van der Waals surface area contributed by atoms with Gasteiger partial charge in [-0.2, -0.15) is 0 Å². The van der Waals surface area contributed by atoms with E-state index in [1.165, 1.54) is 24.3 Å². The first-order chi connectivity index (χ1) is 13.5. The van der Waals surface area contributed by atoms with Crippen molar-refractivity contribution in [1.82, 2.24) is 0 Å². The van der Waals surface area contributed by atoms with Gasteiger partial charge in [0.15, 0.2) is 5.60 Å². The molecule has 5 rings (SSSR count). The molecule has 0 radical (unpaired) electrons. The maximum absolute atomic E-state index is 12.7. The van der Waals surface area contributed by atoms with Crippen molar-refractivity contribution in [1.29, 1.82) is 0 Å². The van der Waals surface area contributed by atoms with E-state index >= 15 is 0 Å². The van der Waals surface area contributed by atoms with Crippen LogP contribution in [0.5, 0.6) is 23.0 Å². The molecule has 5 heteroatoms. The van der Waals surface area contributed by atoms with Crippen molar-refractivity contribution in [3.8, 4) is 23.0 Å². The highest BCUT2D eigenvalue weighted by atomic mass is 16.6. The molecule has 2 N–H and O–H groups in total. The molecule has 0 aromatic heterocycles. The van der Waals surface area contributed by atoms with Crippen LogP contribution in [0.2, 0.25) is 0 Å². The molecule has 5 nitrogen and oxygen atoms in total. The molecule has 3 aromatic carbocycles. The standard InChI is InChI=1S/C21H14O5.C2H6.CH4/c1-11-2-5-15-14(8-11)20(24)26-21(15)16-6-3-12(22)9-18(16)25-19-10-13(23)4-7-17(19)21;1-2;/h2-10,22-23H,1H3;1-2H3;1H4. The fourth-order valence-corrected chi connectivity index (χ4v) is 3.82. The third-order valence-electron chi connectivity index (χ3n) is 4.93. The third kappa shape index (κ3) is 2.81. The summed E-state index contributed by atoms with van der Waals surface area (Å²) >= 11 is 0. The second kappa shape index (κ2) is 7.17. The zero-order chi connectivity index (χ0) is 20.1. The van der Waals surface area contributed by atoms with Gasteiger partial charge >= 0.3 is 5.97 Å². The number of rotatable bonds is 0. The van der Waals surface area contributed by atoms with Crippen LogP contribution in [0.1, 0.15) is 53.9 Å². The third-order valence-corrected chi connectivity index (χ3v) is 4.93. The smallest absolute Gasteiger partial charge is 0.340 e. The second-order valence-corrected chi connectivity index (χ2v) is 6.58. The van der Waals surface area contributed by atoms with Gasteiger partial charge in [-0.05, 0) is 37.3 Å². The van der Waals surface area contributed by atoms with Gasteiger partial charge in [-0.3, -0.25) is 0 Å². The van der Waals surface area contributed by atoms with Gasteiger partial charge in [-0.25, -0.2) is 4.79 Å². The largest absolute Gasteiger partial charge is 0.508 e. The first-order valence-electron chi connectivity index (χ1n) is 9.18. The van der Waals surface area contributed by atoms with Gasteiger partial charge in [0.1, 0.15) is 23.0 Å². The van der Waals surface area contributed by atoms with Gasteiger partial charge in [0.2, 0.25) is 0 Å². The van der Waals surface area contributed by atoms with Crippen molar-refractivity contribution >= 4 is 5.97 Å². The van der Waals surface area contributed by atoms with E-state index in [0.717, 1.165) is 11.1 Å². The monoisotopic (exact) mass is 392 g/mol. The van der Waals surface area contributed by atoms with Crippen LogP contribution < -0.4 is 4.74 Å². The quantitative estimate of drug-likeness (QED) is 0.485. The maximum Gasteiger partial charge on any atom is 0.340 e. The van der Waals surface area contributed by atoms with Crippen LogP contribution in [0.25, 0.3) is 0 Å². The molecule has 0 saturated heterocycles. The number of phenols is 2. The number of fused-ring (bicyclic) bond motifs is 6. The number of phenolic OH excluding ortho intramolecular Hbond substituents is 2. The number of aryl methyl sites for hydroxylation is 1. The summed E-state index contributed by atoms with van der Waals surface area (Å²) in [5.41, 5.74) is 2.26. The van der Waals surface area contributed by atoms with Crippen molar-refractivity contribution in [2.45, 2.75) is 33.8 Å². The van der Waals surface area contributed by atoms with E-state index in [1.54, 1.807) is 12.1 Å². The molecular formula is C24H24O5. The molecule has 0 saturated carbocycles. The molecule has 3 aromatic rings. The van der Waals surface area contributed by atoms with Crippen LogP contribution in [0.4, 0.5) is 0 Å². The Labute approximate surface area is 170 Å². The highest BCUT2D eigenvalue weighted by Crippen LogP contribution is 2.56. The molecule has 29 heavy (non-hydrogen) atoms. The van der Waals surface area contributed by atoms with Crippen LogP contribution >= 0.6 is 0 Å². The molecule has 2 aliphatic rings. The van der Waals surface area contributed by atoms with Gasteiger partial charge in [-0.1, -0.05) is 39.0 Å². The summed E-state index contributed by atoms with van der Waals surface area (Å²) in [6, 6.07) is 15.0. The molecule has 0 bridgehead atoms. The number of esters is 1. The molecule has 0 fully saturated rings. The average molecular weight is 392 g/mol. The van der Waals surface area contributed by atoms with Crippen LogP contribution in [0.3, 0.4) is 0 Å². The summed E-state index contributed by atoms with van der Waals surface area (Å²) in [6.45, 7) is 5.92. The lowest BCUT2D eigenvalue weighted by molar-refractivity contribution is 0.0224. The Hall–Kier alpha value is -3.47. The fourth-order valence-electron chi connectivity index (χ4n) is 3.82. The summed E-state index contributed by atoms with van der Waals surface area (Å²) in [4.78, 5) is 12.7. The summed E-state index contributed by atoms with van der Waals surface area (Å²) in [7, 11) is 0. The Bertz CT molecular complexity index is 1050. The highest BCUT2D eigenvalue weighted by Gasteiger charge is 2.53. The van der Waals surface area contributed by atoms with E-state index in [-0.39, 0.29) is 18.9 Å². The van der Waals surface area contributed by atoms with Crippen molar-refractivity contribution in [2.75, 3.05) is 0 Å². The molecule has 0 unspecified atom stereocenters. The SMILES string of the molecule is C.CC.Cc1ccc2c(c1)C(=O)OC21c2ccc(O)cc2Oc2cc(O)ccc21. The zero-order valence-corrected chi connectivity index (χ0v) is 15.8. The second-order valence-electron chi connectivity index (χ2n) is 6.58. The minimum atomic E-state index is -1.18. The Morgan fingerprint density at radius 2 is 1.31 bits per heavy atom. The molecule has 0 amide bonds. The van der Waals surface area contributed by atoms with Crippen molar-refractivity contribution in [3.63, 3.8) is 0 Å². The fraction of sp³-hybridized carbons (Fsp3) is 0.208. The van der Waals surface area contributed by atoms with E-state index in [0.29, 0.717) is 28.2 Å². The Kier molecular flexibility index (Phi) is 5.01. The van der Waals surface area contributed by atoms with Gasteiger partial charge in [0.25, 0.3) is 0 Å². The lowest BCUT2D eigenvalue weighted by Gasteiger charge is -2.36. The number of hydrogen-bond donors (Lipinski definition) is 2. The van der Waals surface area contributed by atoms with E-state index < -0.39 is 11.6 Å². The molecule has 2 heterocycles. The van der Waals surface area contributed by atoms with E-state index in [2.05, 4.69) is 0 Å². The molecule has 0 atom stereocenters. The number of carbonyl (C=O) groups excluding carboxylic acids is 1. The predicted octanol–water partition coefficient (Wildman–Crippen LogP) is 5.64. The van der Waals surface area contributed by atoms with Gasteiger partial charge in [0, 0.05) is 28.8 Å². The molecule has 0 aliphatic carbocycles. The van der Waals surface area contributed by atoms with E-state index in [9.17, 15) is 15.0 Å². The Balaban J connectivity index is 0.000000778. The van der Waals surface area contributed by atoms with Crippen molar-refractivity contribution in [3.05, 3.63) is 82.4 Å². The average Bonchev–Trinajstić information content (AvgIpc) is 2.95. The maximum atomic E-state index is 12.7. The number of benzene rings is 3. The molecular weight excluding hydrogens is 368 g/mol. The normalized spacial score (nSPS) is 14.2. The lowest BCUT2D eigenvalue weighted by atomic mass is 9.77. The Morgan fingerprint density at radius 3 is 1.86 bits per heavy atom. The van der Waals surface area contributed by atoms with Gasteiger partial charge in [0.05, 0.1) is 5.56 Å². The zero-order valence-electron chi connectivity index (χ0n) is 15.8. The predicted molar refractivity (Wildman–Crippen MR) is 111 cm³/mol. The number of ether oxygens (including phenoxy) is 2. The van der Waals surface area contributed by atoms with E-state index in [4.69, 9.17) is 9.47 Å². The topological polar surface area (TPSA) is 76.0 Å². The highest BCUT2D eigenvalue weighted by molar-refractivity contribution is 5.97. The minimum Gasteiger partial charge on any atom is -0.508 e. The van der Waals surface area contributed by atoms with E-state index in [1.807, 2.05) is 39.0 Å². The molecule has 2 aliphatic heterocycles. The van der Waals surface area contributed by atoms with Crippen LogP contribution in [-0.4, -0.2) is 16.2 Å². The number of carbonyl (C=O) groups is 1. The summed E-state index contributed by atoms with van der Waals surface area (Å²) in [6.07, 6.45) is 0. The first kappa shape index (κ1) is 20.3. The van der Waals surface area contributed by atoms with Gasteiger partial charge in [-0.15, -0.1) is 0 Å². The van der Waals surface area contributed by atoms with Crippen LogP contribution in [0, 0.1) is 6.92 Å². The minimum absolute atomic E-state index is 0. The molecule has 150 valence electrons. The first-order valence-corrected chi connectivity index (χ1v) is 9.18. The summed E-state index contributed by atoms with van der Waals surface area (Å²) < 4.78 is 11.9. The number of hydrogen-bond acceptors (Lipinski definition) is 5. The van der Waals surface area contributed by atoms with Crippen molar-refractivity contribution < 1.29 is 24.5 Å². The summed E-state index contributed by atoms with van der Waals surface area (Å²) in [5, 5.41) is 19.7. The van der Waals surface area contributed by atoms with Crippen LogP contribution in [0.15, 0.2) is 54.6 Å². The number of aromatic hydroxyl groups is 2. The summed E-state index contributed by atoms with van der Waals surface area (Å²) in [5.74, 6) is 0.421. The lowest BCUT2D eigenvalue weighted by Crippen LogP contribution is -2.32. The van der Waals surface area contributed by atoms with Crippen LogP contribution in [-0.2, 0) is 10.3 Å². The van der Waals surface area contributed by atoms with Gasteiger partial charge < -0.3 is 19.7 Å². The van der Waals surface area contributed by atoms with Crippen molar-refractivity contribution in [2.24, 2.45) is 0 Å².